The molecule has 11 nitrogen and oxygen atoms in total. The fourth-order valence-electron chi connectivity index (χ4n) is 3.59. The number of carbonyl (C=O) groups is 2. The van der Waals surface area contributed by atoms with Gasteiger partial charge in [-0.3, -0.25) is 9.59 Å². The molecule has 0 radical (unpaired) electrons. The number of hydrogen-bond acceptors (Lipinski definition) is 9. The molecule has 1 atom stereocenters. The summed E-state index contributed by atoms with van der Waals surface area (Å²) < 4.78 is 12.1. The van der Waals surface area contributed by atoms with Crippen LogP contribution in [0.15, 0.2) is 65.7 Å². The van der Waals surface area contributed by atoms with Crippen LogP contribution in [-0.2, 0) is 16.1 Å². The molecular formula is C24H26N6O5. The van der Waals surface area contributed by atoms with Crippen molar-refractivity contribution in [2.24, 2.45) is 0 Å². The third kappa shape index (κ3) is 6.19. The van der Waals surface area contributed by atoms with Gasteiger partial charge in [0.15, 0.2) is 11.8 Å². The number of amides is 1. The van der Waals surface area contributed by atoms with Gasteiger partial charge in [0.2, 0.25) is 5.95 Å². The number of rotatable bonds is 8. The van der Waals surface area contributed by atoms with E-state index in [2.05, 4.69) is 15.1 Å². The Kier molecular flexibility index (Phi) is 7.66. The highest BCUT2D eigenvalue weighted by Crippen LogP contribution is 2.12. The number of piperazine rings is 1. The molecule has 3 aromatic rings. The van der Waals surface area contributed by atoms with Crippen molar-refractivity contribution in [3.63, 3.8) is 0 Å². The van der Waals surface area contributed by atoms with E-state index in [1.54, 1.807) is 35.5 Å². The van der Waals surface area contributed by atoms with Crippen molar-refractivity contribution in [1.29, 1.82) is 0 Å². The van der Waals surface area contributed by atoms with Gasteiger partial charge in [0, 0.05) is 44.6 Å². The molecule has 182 valence electrons. The van der Waals surface area contributed by atoms with Crippen LogP contribution in [0.25, 0.3) is 0 Å². The van der Waals surface area contributed by atoms with Gasteiger partial charge in [0.25, 0.3) is 11.5 Å². The van der Waals surface area contributed by atoms with Crippen LogP contribution in [0.3, 0.4) is 0 Å². The molecule has 0 bridgehead atoms. The van der Waals surface area contributed by atoms with Gasteiger partial charge in [0.1, 0.15) is 12.4 Å². The van der Waals surface area contributed by atoms with Crippen LogP contribution in [-0.4, -0.2) is 75.4 Å². The Labute approximate surface area is 201 Å². The lowest BCUT2D eigenvalue weighted by atomic mass is 10.2. The molecule has 1 unspecified atom stereocenters. The number of anilines is 1. The fraction of sp³-hybridized carbons (Fsp3) is 0.333. The minimum Gasteiger partial charge on any atom is -0.492 e. The molecule has 0 spiro atoms. The second-order valence-electron chi connectivity index (χ2n) is 7.85. The summed E-state index contributed by atoms with van der Waals surface area (Å²) in [5.74, 6) is 0.214. The van der Waals surface area contributed by atoms with E-state index in [4.69, 9.17) is 9.47 Å². The molecule has 11 heteroatoms. The first-order valence-electron chi connectivity index (χ1n) is 11.3. The SMILES string of the molecule is CC(OC(=O)c1ccc(=O)n(CCOc2ccccc2)n1)C(=O)N1CCN(c2ncccn2)CC1. The van der Waals surface area contributed by atoms with Crippen molar-refractivity contribution in [2.45, 2.75) is 19.6 Å². The van der Waals surface area contributed by atoms with Crippen molar-refractivity contribution in [3.8, 4) is 5.75 Å². The Morgan fingerprint density at radius 2 is 1.69 bits per heavy atom. The number of benzene rings is 1. The molecule has 0 saturated carbocycles. The van der Waals surface area contributed by atoms with Crippen molar-refractivity contribution >= 4 is 17.8 Å². The highest BCUT2D eigenvalue weighted by Gasteiger charge is 2.28. The standard InChI is InChI=1S/C24H26N6O5/c1-18(22(32)28-12-14-29(15-13-28)24-25-10-5-11-26-24)35-23(33)20-8-9-21(31)30(27-20)16-17-34-19-6-3-2-4-7-19/h2-11,18H,12-17H2,1H3. The molecule has 4 rings (SSSR count). The Balaban J connectivity index is 1.29. The monoisotopic (exact) mass is 478 g/mol. The van der Waals surface area contributed by atoms with E-state index < -0.39 is 12.1 Å². The zero-order valence-electron chi connectivity index (χ0n) is 19.3. The second kappa shape index (κ2) is 11.2. The molecule has 3 heterocycles. The van der Waals surface area contributed by atoms with Gasteiger partial charge in [-0.05, 0) is 31.2 Å². The number of para-hydroxylation sites is 1. The van der Waals surface area contributed by atoms with E-state index in [1.165, 1.54) is 19.1 Å². The predicted octanol–water partition coefficient (Wildman–Crippen LogP) is 1.01. The van der Waals surface area contributed by atoms with E-state index >= 15 is 0 Å². The van der Waals surface area contributed by atoms with E-state index in [9.17, 15) is 14.4 Å². The third-order valence-electron chi connectivity index (χ3n) is 5.45. The largest absolute Gasteiger partial charge is 0.492 e. The summed E-state index contributed by atoms with van der Waals surface area (Å²) in [6.45, 7) is 3.95. The van der Waals surface area contributed by atoms with Crippen molar-refractivity contribution in [1.82, 2.24) is 24.6 Å². The average molecular weight is 479 g/mol. The molecule has 1 fully saturated rings. The van der Waals surface area contributed by atoms with Gasteiger partial charge in [-0.1, -0.05) is 18.2 Å². The van der Waals surface area contributed by atoms with Crippen molar-refractivity contribution in [3.05, 3.63) is 77.0 Å². The van der Waals surface area contributed by atoms with Gasteiger partial charge < -0.3 is 19.3 Å². The summed E-state index contributed by atoms with van der Waals surface area (Å²) in [5.41, 5.74) is -0.433. The number of esters is 1. The van der Waals surface area contributed by atoms with Crippen LogP contribution in [0.2, 0.25) is 0 Å². The summed E-state index contributed by atoms with van der Waals surface area (Å²) >= 11 is 0. The summed E-state index contributed by atoms with van der Waals surface area (Å²) in [6.07, 6.45) is 2.36. The number of hydrogen-bond donors (Lipinski definition) is 0. The minimum absolute atomic E-state index is 0.0602. The Bertz CT molecular complexity index is 1200. The van der Waals surface area contributed by atoms with Gasteiger partial charge in [0.05, 0.1) is 6.54 Å². The summed E-state index contributed by atoms with van der Waals surface area (Å²) in [6, 6.07) is 13.4. The highest BCUT2D eigenvalue weighted by molar-refractivity contribution is 5.90. The number of ether oxygens (including phenoxy) is 2. The molecule has 1 aromatic carbocycles. The van der Waals surface area contributed by atoms with Crippen LogP contribution in [0, 0.1) is 0 Å². The lowest BCUT2D eigenvalue weighted by molar-refractivity contribution is -0.140. The third-order valence-corrected chi connectivity index (χ3v) is 5.45. The normalized spacial score (nSPS) is 14.3. The van der Waals surface area contributed by atoms with Crippen LogP contribution in [0.1, 0.15) is 17.4 Å². The topological polar surface area (TPSA) is 120 Å². The van der Waals surface area contributed by atoms with Gasteiger partial charge >= 0.3 is 5.97 Å². The Hall–Kier alpha value is -4.28. The van der Waals surface area contributed by atoms with Crippen LogP contribution in [0.4, 0.5) is 5.95 Å². The maximum absolute atomic E-state index is 12.8. The first-order chi connectivity index (χ1) is 17.0. The molecular weight excluding hydrogens is 452 g/mol. The Morgan fingerprint density at radius 1 is 0.971 bits per heavy atom. The maximum atomic E-state index is 12.8. The van der Waals surface area contributed by atoms with Crippen LogP contribution < -0.4 is 15.2 Å². The Morgan fingerprint density at radius 3 is 2.40 bits per heavy atom. The molecule has 35 heavy (non-hydrogen) atoms. The first kappa shape index (κ1) is 23.9. The van der Waals surface area contributed by atoms with E-state index in [1.807, 2.05) is 23.1 Å². The zero-order chi connectivity index (χ0) is 24.6. The lowest BCUT2D eigenvalue weighted by Crippen LogP contribution is -2.52. The zero-order valence-corrected chi connectivity index (χ0v) is 19.3. The molecule has 1 aliphatic rings. The van der Waals surface area contributed by atoms with Crippen molar-refractivity contribution < 1.29 is 19.1 Å². The molecule has 0 N–H and O–H groups in total. The number of aromatic nitrogens is 4. The highest BCUT2D eigenvalue weighted by atomic mass is 16.5. The number of nitrogens with zero attached hydrogens (tertiary/aromatic N) is 6. The second-order valence-corrected chi connectivity index (χ2v) is 7.85. The molecule has 2 aromatic heterocycles. The number of carbonyl (C=O) groups excluding carboxylic acids is 2. The predicted molar refractivity (Wildman–Crippen MR) is 126 cm³/mol. The first-order valence-corrected chi connectivity index (χ1v) is 11.3. The van der Waals surface area contributed by atoms with Crippen LogP contribution in [0.5, 0.6) is 5.75 Å². The van der Waals surface area contributed by atoms with Gasteiger partial charge in [-0.25, -0.2) is 19.4 Å². The summed E-state index contributed by atoms with van der Waals surface area (Å²) in [5, 5.41) is 4.08. The van der Waals surface area contributed by atoms with E-state index in [-0.39, 0.29) is 30.3 Å². The molecule has 0 aliphatic carbocycles. The maximum Gasteiger partial charge on any atom is 0.359 e. The summed E-state index contributed by atoms with van der Waals surface area (Å²) in [4.78, 5) is 49.6. The molecule has 1 aliphatic heterocycles. The smallest absolute Gasteiger partial charge is 0.359 e. The lowest BCUT2D eigenvalue weighted by Gasteiger charge is -2.35. The molecule has 1 saturated heterocycles. The van der Waals surface area contributed by atoms with E-state index in [0.29, 0.717) is 37.9 Å². The van der Waals surface area contributed by atoms with Crippen LogP contribution >= 0.6 is 0 Å². The van der Waals surface area contributed by atoms with Crippen molar-refractivity contribution in [2.75, 3.05) is 37.7 Å². The van der Waals surface area contributed by atoms with E-state index in [0.717, 1.165) is 4.68 Å². The summed E-state index contributed by atoms with van der Waals surface area (Å²) in [7, 11) is 0. The van der Waals surface area contributed by atoms with Gasteiger partial charge in [-0.15, -0.1) is 0 Å². The molecule has 1 amide bonds. The fourth-order valence-corrected chi connectivity index (χ4v) is 3.59. The minimum atomic E-state index is -0.995. The van der Waals surface area contributed by atoms with Gasteiger partial charge in [-0.2, -0.15) is 5.10 Å². The quantitative estimate of drug-likeness (QED) is 0.437. The average Bonchev–Trinajstić information content (AvgIpc) is 2.90.